The first-order valence-corrected chi connectivity index (χ1v) is 8.02. The minimum absolute atomic E-state index is 0.133. The molecule has 0 atom stereocenters. The van der Waals surface area contributed by atoms with Crippen molar-refractivity contribution in [2.24, 2.45) is 0 Å². The third kappa shape index (κ3) is 2.90. The molecule has 25 heavy (non-hydrogen) atoms. The van der Waals surface area contributed by atoms with Crippen molar-refractivity contribution in [1.82, 2.24) is 24.5 Å². The molecule has 1 saturated heterocycles. The van der Waals surface area contributed by atoms with E-state index in [2.05, 4.69) is 20.4 Å². The van der Waals surface area contributed by atoms with E-state index in [1.54, 1.807) is 21.5 Å². The van der Waals surface area contributed by atoms with Crippen LogP contribution >= 0.6 is 0 Å². The minimum atomic E-state index is -0.270. The van der Waals surface area contributed by atoms with Crippen LogP contribution in [0.15, 0.2) is 30.3 Å². The molecule has 128 valence electrons. The smallest absolute Gasteiger partial charge is 0.293 e. The Balaban J connectivity index is 1.43. The number of anilines is 1. The number of carbonyl (C=O) groups is 1. The van der Waals surface area contributed by atoms with Gasteiger partial charge in [0.15, 0.2) is 0 Å². The van der Waals surface area contributed by atoms with Gasteiger partial charge < -0.3 is 10.2 Å². The average Bonchev–Trinajstić information content (AvgIpc) is 2.96. The van der Waals surface area contributed by atoms with E-state index in [0.717, 1.165) is 17.1 Å². The number of likely N-dealkylation sites (tertiary alicyclic amines) is 1. The standard InChI is InChI=1S/C17H17FN6O/c1-10-7-11(2)24-17(19-10)21-15(22-24)16(25)23-8-14(9-23)20-13-5-3-12(18)4-6-13/h3-7,14,20H,8-9H2,1-2H3. The van der Waals surface area contributed by atoms with Crippen LogP contribution in [0.25, 0.3) is 5.78 Å². The van der Waals surface area contributed by atoms with E-state index in [1.165, 1.54) is 12.1 Å². The number of halogens is 1. The Morgan fingerprint density at radius 3 is 2.64 bits per heavy atom. The van der Waals surface area contributed by atoms with Gasteiger partial charge in [0.05, 0.1) is 6.04 Å². The van der Waals surface area contributed by atoms with Crippen LogP contribution in [0.1, 0.15) is 22.0 Å². The molecule has 3 heterocycles. The summed E-state index contributed by atoms with van der Waals surface area (Å²) in [6.07, 6.45) is 0. The number of nitrogens with one attached hydrogen (secondary N) is 1. The van der Waals surface area contributed by atoms with Crippen molar-refractivity contribution in [3.63, 3.8) is 0 Å². The zero-order valence-electron chi connectivity index (χ0n) is 13.9. The van der Waals surface area contributed by atoms with Gasteiger partial charge in [0.25, 0.3) is 11.7 Å². The molecule has 0 radical (unpaired) electrons. The summed E-state index contributed by atoms with van der Waals surface area (Å²) in [4.78, 5) is 22.7. The second kappa shape index (κ2) is 5.80. The van der Waals surface area contributed by atoms with Gasteiger partial charge in [-0.05, 0) is 44.2 Å². The molecule has 3 aromatic rings. The maximum atomic E-state index is 12.9. The van der Waals surface area contributed by atoms with Crippen molar-refractivity contribution in [3.8, 4) is 0 Å². The number of benzene rings is 1. The summed E-state index contributed by atoms with van der Waals surface area (Å²) in [5.41, 5.74) is 2.55. The number of hydrogen-bond donors (Lipinski definition) is 1. The molecule has 0 unspecified atom stereocenters. The molecule has 0 spiro atoms. The summed E-state index contributed by atoms with van der Waals surface area (Å²) in [7, 11) is 0. The van der Waals surface area contributed by atoms with Crippen LogP contribution in [0.2, 0.25) is 0 Å². The normalized spacial score (nSPS) is 14.6. The van der Waals surface area contributed by atoms with Crippen molar-refractivity contribution < 1.29 is 9.18 Å². The molecule has 1 N–H and O–H groups in total. The molecule has 0 bridgehead atoms. The number of aromatic nitrogens is 4. The molecule has 1 amide bonds. The molecule has 0 aliphatic carbocycles. The van der Waals surface area contributed by atoms with Crippen LogP contribution in [0.3, 0.4) is 0 Å². The largest absolute Gasteiger partial charge is 0.379 e. The van der Waals surface area contributed by atoms with E-state index >= 15 is 0 Å². The Kier molecular flexibility index (Phi) is 3.60. The Labute approximate surface area is 143 Å². The van der Waals surface area contributed by atoms with Crippen LogP contribution in [-0.2, 0) is 0 Å². The third-order valence-corrected chi connectivity index (χ3v) is 4.19. The summed E-state index contributed by atoms with van der Waals surface area (Å²) in [6, 6.07) is 8.19. The van der Waals surface area contributed by atoms with Crippen LogP contribution in [0, 0.1) is 19.7 Å². The number of carbonyl (C=O) groups excluding carboxylic acids is 1. The fourth-order valence-corrected chi connectivity index (χ4v) is 2.92. The highest BCUT2D eigenvalue weighted by Crippen LogP contribution is 2.18. The molecular formula is C17H17FN6O. The van der Waals surface area contributed by atoms with Gasteiger partial charge in [-0.2, -0.15) is 4.98 Å². The molecule has 7 nitrogen and oxygen atoms in total. The van der Waals surface area contributed by atoms with E-state index in [4.69, 9.17) is 0 Å². The van der Waals surface area contributed by atoms with Gasteiger partial charge in [-0.1, -0.05) is 0 Å². The summed E-state index contributed by atoms with van der Waals surface area (Å²) < 4.78 is 14.5. The van der Waals surface area contributed by atoms with Gasteiger partial charge in [-0.15, -0.1) is 5.10 Å². The molecule has 1 aliphatic heterocycles. The summed E-state index contributed by atoms with van der Waals surface area (Å²) in [6.45, 7) is 4.88. The zero-order chi connectivity index (χ0) is 17.6. The Morgan fingerprint density at radius 1 is 1.20 bits per heavy atom. The van der Waals surface area contributed by atoms with Crippen molar-refractivity contribution in [1.29, 1.82) is 0 Å². The monoisotopic (exact) mass is 340 g/mol. The lowest BCUT2D eigenvalue weighted by Crippen LogP contribution is -2.57. The Morgan fingerprint density at radius 2 is 1.92 bits per heavy atom. The fourth-order valence-electron chi connectivity index (χ4n) is 2.92. The summed E-state index contributed by atoms with van der Waals surface area (Å²) in [5.74, 6) is 0.108. The van der Waals surface area contributed by atoms with Crippen molar-refractivity contribution in [3.05, 3.63) is 53.4 Å². The third-order valence-electron chi connectivity index (χ3n) is 4.19. The van der Waals surface area contributed by atoms with Gasteiger partial charge in [0.2, 0.25) is 5.82 Å². The maximum Gasteiger partial charge on any atom is 0.293 e. The lowest BCUT2D eigenvalue weighted by Gasteiger charge is -2.39. The van der Waals surface area contributed by atoms with E-state index in [-0.39, 0.29) is 23.6 Å². The average molecular weight is 340 g/mol. The van der Waals surface area contributed by atoms with Crippen LogP contribution in [0.4, 0.5) is 10.1 Å². The highest BCUT2D eigenvalue weighted by molar-refractivity contribution is 5.91. The minimum Gasteiger partial charge on any atom is -0.379 e. The van der Waals surface area contributed by atoms with Gasteiger partial charge in [-0.3, -0.25) is 4.79 Å². The van der Waals surface area contributed by atoms with Crippen LogP contribution < -0.4 is 5.32 Å². The van der Waals surface area contributed by atoms with Crippen molar-refractivity contribution >= 4 is 17.4 Å². The number of aryl methyl sites for hydroxylation is 2. The first kappa shape index (κ1) is 15.5. The predicted octanol–water partition coefficient (Wildman–Crippen LogP) is 1.82. The van der Waals surface area contributed by atoms with Crippen molar-refractivity contribution in [2.75, 3.05) is 18.4 Å². The molecule has 0 saturated carbocycles. The summed E-state index contributed by atoms with van der Waals surface area (Å²) in [5, 5.41) is 7.53. The fraction of sp³-hybridized carbons (Fsp3) is 0.294. The number of amides is 1. The van der Waals surface area contributed by atoms with E-state index in [0.29, 0.717) is 18.9 Å². The quantitative estimate of drug-likeness (QED) is 0.787. The van der Waals surface area contributed by atoms with Gasteiger partial charge >= 0.3 is 0 Å². The first-order valence-electron chi connectivity index (χ1n) is 8.02. The molecule has 1 fully saturated rings. The molecule has 8 heteroatoms. The highest BCUT2D eigenvalue weighted by Gasteiger charge is 2.33. The van der Waals surface area contributed by atoms with Gasteiger partial charge in [0.1, 0.15) is 5.82 Å². The molecule has 1 aromatic carbocycles. The van der Waals surface area contributed by atoms with E-state index in [1.807, 2.05) is 19.9 Å². The molecule has 4 rings (SSSR count). The molecule has 2 aromatic heterocycles. The second-order valence-electron chi connectivity index (χ2n) is 6.24. The molecular weight excluding hydrogens is 323 g/mol. The molecule has 1 aliphatic rings. The lowest BCUT2D eigenvalue weighted by atomic mass is 10.1. The SMILES string of the molecule is Cc1cc(C)n2nc(C(=O)N3CC(Nc4ccc(F)cc4)C3)nc2n1. The van der Waals surface area contributed by atoms with Crippen LogP contribution in [0.5, 0.6) is 0 Å². The maximum absolute atomic E-state index is 12.9. The van der Waals surface area contributed by atoms with Gasteiger partial charge in [-0.25, -0.2) is 13.9 Å². The van der Waals surface area contributed by atoms with E-state index < -0.39 is 0 Å². The topological polar surface area (TPSA) is 75.4 Å². The Hall–Kier alpha value is -3.03. The Bertz CT molecular complexity index is 946. The van der Waals surface area contributed by atoms with Crippen LogP contribution in [-0.4, -0.2) is 49.5 Å². The van der Waals surface area contributed by atoms with Crippen molar-refractivity contribution in [2.45, 2.75) is 19.9 Å². The van der Waals surface area contributed by atoms with Gasteiger partial charge in [0, 0.05) is 30.2 Å². The number of nitrogens with zero attached hydrogens (tertiary/aromatic N) is 5. The first-order chi connectivity index (χ1) is 12.0. The highest BCUT2D eigenvalue weighted by atomic mass is 19.1. The number of hydrogen-bond acceptors (Lipinski definition) is 5. The number of fused-ring (bicyclic) bond motifs is 1. The lowest BCUT2D eigenvalue weighted by molar-refractivity contribution is 0.0612. The summed E-state index contributed by atoms with van der Waals surface area (Å²) >= 11 is 0. The zero-order valence-corrected chi connectivity index (χ0v) is 13.9. The van der Waals surface area contributed by atoms with E-state index in [9.17, 15) is 9.18 Å². The number of rotatable bonds is 3. The second-order valence-corrected chi connectivity index (χ2v) is 6.24. The predicted molar refractivity (Wildman–Crippen MR) is 90.0 cm³/mol.